The lowest BCUT2D eigenvalue weighted by atomic mass is 10.2. The Hall–Kier alpha value is -1.72. The summed E-state index contributed by atoms with van der Waals surface area (Å²) in [6.07, 6.45) is 3.78. The molecule has 0 bridgehead atoms. The van der Waals surface area contributed by atoms with Gasteiger partial charge in [0.15, 0.2) is 6.04 Å². The van der Waals surface area contributed by atoms with E-state index in [1.165, 1.54) is 0 Å². The number of amidine groups is 2. The van der Waals surface area contributed by atoms with E-state index in [0.29, 0.717) is 5.96 Å². The van der Waals surface area contributed by atoms with Crippen molar-refractivity contribution >= 4 is 24.0 Å². The van der Waals surface area contributed by atoms with Crippen molar-refractivity contribution in [2.24, 2.45) is 20.0 Å². The molecule has 0 aromatic carbocycles. The third kappa shape index (κ3) is 2.10. The SMILES string of the molecule is CCCCN=C1NC(=NC)NC2=NC=NC21. The minimum Gasteiger partial charge on any atom is -0.312 e. The van der Waals surface area contributed by atoms with Crippen molar-refractivity contribution in [3.8, 4) is 0 Å². The van der Waals surface area contributed by atoms with Gasteiger partial charge in [-0.05, 0) is 6.42 Å². The number of fused-ring (bicyclic) bond motifs is 1. The molecular weight excluding hydrogens is 204 g/mol. The van der Waals surface area contributed by atoms with Crippen LogP contribution in [0.1, 0.15) is 19.8 Å². The maximum atomic E-state index is 4.50. The standard InChI is InChI=1S/C10H16N6/c1-3-4-5-12-8-7-9(14-6-13-7)16-10(11-2)15-8/h6-7H,3-5H2,1-2H3,(H2,11,12,13,14,15,16). The van der Waals surface area contributed by atoms with Crippen LogP contribution in [-0.4, -0.2) is 43.6 Å². The molecule has 1 unspecified atom stereocenters. The fourth-order valence-electron chi connectivity index (χ4n) is 1.54. The molecule has 0 saturated carbocycles. The summed E-state index contributed by atoms with van der Waals surface area (Å²) in [6, 6.07) is -0.0950. The zero-order valence-corrected chi connectivity index (χ0v) is 9.56. The summed E-state index contributed by atoms with van der Waals surface area (Å²) in [5.74, 6) is 2.31. The van der Waals surface area contributed by atoms with Crippen LogP contribution in [0, 0.1) is 0 Å². The lowest BCUT2D eigenvalue weighted by Crippen LogP contribution is -2.58. The second kappa shape index (κ2) is 4.87. The van der Waals surface area contributed by atoms with E-state index in [9.17, 15) is 0 Å². The van der Waals surface area contributed by atoms with Gasteiger partial charge >= 0.3 is 0 Å². The molecule has 2 aliphatic heterocycles. The predicted molar refractivity (Wildman–Crippen MR) is 66.6 cm³/mol. The van der Waals surface area contributed by atoms with Crippen molar-refractivity contribution in [3.05, 3.63) is 0 Å². The molecule has 86 valence electrons. The van der Waals surface area contributed by atoms with Crippen LogP contribution in [0.15, 0.2) is 20.0 Å². The van der Waals surface area contributed by atoms with Gasteiger partial charge in [-0.1, -0.05) is 13.3 Å². The van der Waals surface area contributed by atoms with Gasteiger partial charge in [0.05, 0.1) is 0 Å². The maximum Gasteiger partial charge on any atom is 0.202 e. The normalized spacial score (nSPS) is 27.6. The van der Waals surface area contributed by atoms with Crippen LogP contribution >= 0.6 is 0 Å². The summed E-state index contributed by atoms with van der Waals surface area (Å²) in [5.41, 5.74) is 0. The fraction of sp³-hybridized carbons (Fsp3) is 0.600. The molecule has 2 aliphatic rings. The average Bonchev–Trinajstić information content (AvgIpc) is 2.77. The van der Waals surface area contributed by atoms with Gasteiger partial charge in [-0.25, -0.2) is 4.99 Å². The van der Waals surface area contributed by atoms with Crippen LogP contribution in [0.4, 0.5) is 0 Å². The van der Waals surface area contributed by atoms with Crippen molar-refractivity contribution in [2.75, 3.05) is 13.6 Å². The van der Waals surface area contributed by atoms with E-state index < -0.39 is 0 Å². The van der Waals surface area contributed by atoms with Crippen LogP contribution in [0.5, 0.6) is 0 Å². The average molecular weight is 220 g/mol. The first-order valence-electron chi connectivity index (χ1n) is 5.49. The third-order valence-corrected chi connectivity index (χ3v) is 2.44. The van der Waals surface area contributed by atoms with Crippen LogP contribution < -0.4 is 10.6 Å². The molecule has 6 heteroatoms. The minimum atomic E-state index is -0.0950. The molecule has 16 heavy (non-hydrogen) atoms. The first-order chi connectivity index (χ1) is 7.85. The Labute approximate surface area is 94.7 Å². The molecule has 2 N–H and O–H groups in total. The molecule has 0 aliphatic carbocycles. The monoisotopic (exact) mass is 220 g/mol. The molecule has 0 aromatic rings. The number of nitrogens with zero attached hydrogens (tertiary/aromatic N) is 4. The molecule has 0 amide bonds. The first kappa shape index (κ1) is 10.8. The van der Waals surface area contributed by atoms with Gasteiger partial charge in [-0.2, -0.15) is 0 Å². The van der Waals surface area contributed by atoms with E-state index in [1.807, 2.05) is 0 Å². The number of guanidine groups is 1. The van der Waals surface area contributed by atoms with Crippen molar-refractivity contribution < 1.29 is 0 Å². The first-order valence-corrected chi connectivity index (χ1v) is 5.49. The highest BCUT2D eigenvalue weighted by molar-refractivity contribution is 6.26. The van der Waals surface area contributed by atoms with Gasteiger partial charge in [-0.3, -0.25) is 15.0 Å². The molecular formula is C10H16N6. The van der Waals surface area contributed by atoms with Gasteiger partial charge in [0.25, 0.3) is 0 Å². The zero-order valence-electron chi connectivity index (χ0n) is 9.56. The molecule has 1 saturated heterocycles. The Morgan fingerprint density at radius 2 is 2.31 bits per heavy atom. The van der Waals surface area contributed by atoms with Gasteiger partial charge in [0.2, 0.25) is 5.96 Å². The quantitative estimate of drug-likeness (QED) is 0.665. The van der Waals surface area contributed by atoms with Crippen LogP contribution in [0.3, 0.4) is 0 Å². The summed E-state index contributed by atoms with van der Waals surface area (Å²) in [7, 11) is 1.72. The van der Waals surface area contributed by atoms with Crippen molar-refractivity contribution in [1.82, 2.24) is 10.6 Å². The largest absolute Gasteiger partial charge is 0.312 e. The Bertz CT molecular complexity index is 379. The van der Waals surface area contributed by atoms with Crippen LogP contribution in [-0.2, 0) is 0 Å². The highest BCUT2D eigenvalue weighted by Crippen LogP contribution is 2.06. The lowest BCUT2D eigenvalue weighted by Gasteiger charge is -2.24. The summed E-state index contributed by atoms with van der Waals surface area (Å²) < 4.78 is 0. The molecule has 0 spiro atoms. The predicted octanol–water partition coefficient (Wildman–Crippen LogP) is 0.173. The molecule has 0 radical (unpaired) electrons. The fourth-order valence-corrected chi connectivity index (χ4v) is 1.54. The third-order valence-electron chi connectivity index (χ3n) is 2.44. The number of rotatable bonds is 3. The van der Waals surface area contributed by atoms with Crippen molar-refractivity contribution in [1.29, 1.82) is 0 Å². The number of hydrogen-bond donors (Lipinski definition) is 2. The molecule has 6 nitrogen and oxygen atoms in total. The van der Waals surface area contributed by atoms with Gasteiger partial charge < -0.3 is 10.6 Å². The number of unbranched alkanes of at least 4 members (excludes halogenated alkanes) is 1. The molecule has 1 fully saturated rings. The van der Waals surface area contributed by atoms with E-state index in [0.717, 1.165) is 31.1 Å². The second-order valence-electron chi connectivity index (χ2n) is 3.62. The van der Waals surface area contributed by atoms with E-state index in [-0.39, 0.29) is 6.04 Å². The van der Waals surface area contributed by atoms with E-state index >= 15 is 0 Å². The lowest BCUT2D eigenvalue weighted by molar-refractivity contribution is 0.799. The molecule has 1 atom stereocenters. The Kier molecular flexibility index (Phi) is 3.28. The summed E-state index contributed by atoms with van der Waals surface area (Å²) in [4.78, 5) is 17.0. The summed E-state index contributed by atoms with van der Waals surface area (Å²) >= 11 is 0. The highest BCUT2D eigenvalue weighted by Gasteiger charge is 2.30. The second-order valence-corrected chi connectivity index (χ2v) is 3.62. The Balaban J connectivity index is 2.12. The zero-order chi connectivity index (χ0) is 11.4. The van der Waals surface area contributed by atoms with Gasteiger partial charge in [0.1, 0.15) is 18.0 Å². The number of aliphatic imine (C=N–C) groups is 4. The Morgan fingerprint density at radius 1 is 1.44 bits per heavy atom. The minimum absolute atomic E-state index is 0.0950. The molecule has 0 aromatic heterocycles. The topological polar surface area (TPSA) is 73.5 Å². The van der Waals surface area contributed by atoms with Crippen molar-refractivity contribution in [2.45, 2.75) is 25.8 Å². The molecule has 2 heterocycles. The molecule has 2 rings (SSSR count). The summed E-state index contributed by atoms with van der Waals surface area (Å²) in [5, 5.41) is 6.20. The van der Waals surface area contributed by atoms with E-state index in [2.05, 4.69) is 37.5 Å². The van der Waals surface area contributed by atoms with Crippen LogP contribution in [0.25, 0.3) is 0 Å². The smallest absolute Gasteiger partial charge is 0.202 e. The van der Waals surface area contributed by atoms with E-state index in [1.54, 1.807) is 13.4 Å². The maximum absolute atomic E-state index is 4.50. The van der Waals surface area contributed by atoms with Gasteiger partial charge in [0, 0.05) is 13.6 Å². The number of hydrogen-bond acceptors (Lipinski definition) is 4. The van der Waals surface area contributed by atoms with Crippen LogP contribution in [0.2, 0.25) is 0 Å². The van der Waals surface area contributed by atoms with E-state index in [4.69, 9.17) is 0 Å². The Morgan fingerprint density at radius 3 is 3.06 bits per heavy atom. The summed E-state index contributed by atoms with van der Waals surface area (Å²) in [6.45, 7) is 2.96. The van der Waals surface area contributed by atoms with Crippen molar-refractivity contribution in [3.63, 3.8) is 0 Å². The van der Waals surface area contributed by atoms with Gasteiger partial charge in [-0.15, -0.1) is 0 Å². The highest BCUT2D eigenvalue weighted by atomic mass is 15.3. The number of nitrogens with one attached hydrogen (secondary N) is 2.